The number of halogens is 1. The van der Waals surface area contributed by atoms with Crippen molar-refractivity contribution in [2.24, 2.45) is 0 Å². The quantitative estimate of drug-likeness (QED) is 0.744. The van der Waals surface area contributed by atoms with Crippen LogP contribution in [0.1, 0.15) is 10.5 Å². The van der Waals surface area contributed by atoms with E-state index in [-0.39, 0.29) is 11.6 Å². The summed E-state index contributed by atoms with van der Waals surface area (Å²) in [6.07, 6.45) is 0. The van der Waals surface area contributed by atoms with E-state index in [2.05, 4.69) is 10.3 Å². The summed E-state index contributed by atoms with van der Waals surface area (Å²) in [6.45, 7) is 2.94. The van der Waals surface area contributed by atoms with Gasteiger partial charge in [0, 0.05) is 26.2 Å². The number of carbonyl (C=O) groups excluding carboxylic acids is 1. The molecule has 1 aliphatic heterocycles. The third-order valence-corrected chi connectivity index (χ3v) is 2.78. The fourth-order valence-electron chi connectivity index (χ4n) is 1.62. The van der Waals surface area contributed by atoms with Gasteiger partial charge >= 0.3 is 0 Å². The molecule has 1 saturated heterocycles. The molecule has 0 aromatic carbocycles. The van der Waals surface area contributed by atoms with Crippen molar-refractivity contribution in [1.82, 2.24) is 15.2 Å². The van der Waals surface area contributed by atoms with Crippen molar-refractivity contribution < 1.29 is 4.79 Å². The number of hydrogen-bond donors (Lipinski definition) is 2. The van der Waals surface area contributed by atoms with Crippen LogP contribution in [0.3, 0.4) is 0 Å². The third kappa shape index (κ3) is 2.25. The summed E-state index contributed by atoms with van der Waals surface area (Å²) in [7, 11) is 0. The average molecular weight is 241 g/mol. The van der Waals surface area contributed by atoms with E-state index in [0.29, 0.717) is 23.9 Å². The maximum Gasteiger partial charge on any atom is 0.274 e. The number of nitrogens with zero attached hydrogens (tertiary/aromatic N) is 2. The molecular formula is C10H13ClN4O. The summed E-state index contributed by atoms with van der Waals surface area (Å²) in [5.41, 5.74) is 5.78. The van der Waals surface area contributed by atoms with E-state index >= 15 is 0 Å². The Morgan fingerprint density at radius 1 is 1.44 bits per heavy atom. The van der Waals surface area contributed by atoms with Gasteiger partial charge in [-0.1, -0.05) is 11.6 Å². The van der Waals surface area contributed by atoms with E-state index in [4.69, 9.17) is 17.3 Å². The average Bonchev–Trinajstić information content (AvgIpc) is 2.32. The van der Waals surface area contributed by atoms with Crippen LogP contribution in [-0.4, -0.2) is 42.0 Å². The first-order chi connectivity index (χ1) is 7.68. The number of anilines is 1. The molecule has 86 valence electrons. The van der Waals surface area contributed by atoms with Gasteiger partial charge in [0.05, 0.1) is 5.02 Å². The SMILES string of the molecule is Nc1ccc(Cl)c(C(=O)N2CCNCC2)n1. The highest BCUT2D eigenvalue weighted by Crippen LogP contribution is 2.17. The van der Waals surface area contributed by atoms with Crippen LogP contribution in [0.5, 0.6) is 0 Å². The van der Waals surface area contributed by atoms with Crippen LogP contribution in [0.25, 0.3) is 0 Å². The van der Waals surface area contributed by atoms with E-state index in [0.717, 1.165) is 13.1 Å². The molecule has 0 atom stereocenters. The van der Waals surface area contributed by atoms with Gasteiger partial charge in [-0.2, -0.15) is 0 Å². The Morgan fingerprint density at radius 2 is 2.12 bits per heavy atom. The molecule has 1 fully saturated rings. The summed E-state index contributed by atoms with van der Waals surface area (Å²) in [5.74, 6) is 0.154. The van der Waals surface area contributed by atoms with E-state index < -0.39 is 0 Å². The smallest absolute Gasteiger partial charge is 0.274 e. The molecule has 5 nitrogen and oxygen atoms in total. The van der Waals surface area contributed by atoms with Gasteiger partial charge in [0.25, 0.3) is 5.91 Å². The topological polar surface area (TPSA) is 71.2 Å². The number of nitrogens with two attached hydrogens (primary N) is 1. The fraction of sp³-hybridized carbons (Fsp3) is 0.400. The Labute approximate surface area is 98.6 Å². The Balaban J connectivity index is 2.22. The second-order valence-corrected chi connectivity index (χ2v) is 4.02. The molecule has 0 unspecified atom stereocenters. The third-order valence-electron chi connectivity index (χ3n) is 2.47. The van der Waals surface area contributed by atoms with Gasteiger partial charge in [-0.25, -0.2) is 4.98 Å². The minimum absolute atomic E-state index is 0.154. The number of piperazine rings is 1. The molecule has 2 rings (SSSR count). The lowest BCUT2D eigenvalue weighted by Gasteiger charge is -2.27. The van der Waals surface area contributed by atoms with Crippen molar-refractivity contribution in [2.75, 3.05) is 31.9 Å². The number of carbonyl (C=O) groups is 1. The number of nitrogen functional groups attached to an aromatic ring is 1. The van der Waals surface area contributed by atoms with Crippen molar-refractivity contribution in [3.63, 3.8) is 0 Å². The van der Waals surface area contributed by atoms with Gasteiger partial charge in [-0.15, -0.1) is 0 Å². The van der Waals surface area contributed by atoms with Gasteiger partial charge in [0.2, 0.25) is 0 Å². The Bertz CT molecular complexity index is 404. The molecule has 16 heavy (non-hydrogen) atoms. The number of nitrogens with one attached hydrogen (secondary N) is 1. The molecule has 1 aliphatic rings. The van der Waals surface area contributed by atoms with Gasteiger partial charge in [0.1, 0.15) is 11.5 Å². The summed E-state index contributed by atoms with van der Waals surface area (Å²) in [5, 5.41) is 3.52. The van der Waals surface area contributed by atoms with Crippen LogP contribution in [0.15, 0.2) is 12.1 Å². The van der Waals surface area contributed by atoms with Crippen LogP contribution in [0.4, 0.5) is 5.82 Å². The molecule has 3 N–H and O–H groups in total. The summed E-state index contributed by atoms with van der Waals surface area (Å²) in [4.78, 5) is 17.8. The van der Waals surface area contributed by atoms with Gasteiger partial charge in [-0.3, -0.25) is 4.79 Å². The molecule has 0 radical (unpaired) electrons. The van der Waals surface area contributed by atoms with Crippen LogP contribution in [0, 0.1) is 0 Å². The number of pyridine rings is 1. The zero-order chi connectivity index (χ0) is 11.5. The summed E-state index contributed by atoms with van der Waals surface area (Å²) in [6, 6.07) is 3.18. The molecule has 2 heterocycles. The predicted molar refractivity (Wildman–Crippen MR) is 62.4 cm³/mol. The Hall–Kier alpha value is -1.33. The minimum Gasteiger partial charge on any atom is -0.384 e. The molecule has 1 aromatic rings. The molecule has 6 heteroatoms. The van der Waals surface area contributed by atoms with E-state index in [1.165, 1.54) is 0 Å². The van der Waals surface area contributed by atoms with Crippen molar-refractivity contribution >= 4 is 23.3 Å². The van der Waals surface area contributed by atoms with Crippen LogP contribution < -0.4 is 11.1 Å². The van der Waals surface area contributed by atoms with Gasteiger partial charge in [-0.05, 0) is 12.1 Å². The lowest BCUT2D eigenvalue weighted by Crippen LogP contribution is -2.46. The molecule has 0 spiro atoms. The van der Waals surface area contributed by atoms with Crippen molar-refractivity contribution in [3.05, 3.63) is 22.8 Å². The molecule has 1 amide bonds. The van der Waals surface area contributed by atoms with Crippen molar-refractivity contribution in [3.8, 4) is 0 Å². The molecule has 1 aromatic heterocycles. The van der Waals surface area contributed by atoms with E-state index in [1.54, 1.807) is 17.0 Å². The maximum atomic E-state index is 12.1. The first-order valence-corrected chi connectivity index (χ1v) is 5.48. The Morgan fingerprint density at radius 3 is 2.81 bits per heavy atom. The molecule has 0 saturated carbocycles. The lowest BCUT2D eigenvalue weighted by molar-refractivity contribution is 0.0730. The summed E-state index contributed by atoms with van der Waals surface area (Å²) >= 11 is 5.93. The Kier molecular flexibility index (Phi) is 3.26. The van der Waals surface area contributed by atoms with Crippen LogP contribution in [0.2, 0.25) is 5.02 Å². The van der Waals surface area contributed by atoms with Crippen LogP contribution in [-0.2, 0) is 0 Å². The number of rotatable bonds is 1. The van der Waals surface area contributed by atoms with Gasteiger partial charge < -0.3 is 16.0 Å². The molecule has 0 aliphatic carbocycles. The largest absolute Gasteiger partial charge is 0.384 e. The maximum absolute atomic E-state index is 12.1. The number of amides is 1. The predicted octanol–water partition coefficient (Wildman–Crippen LogP) is 0.363. The number of hydrogen-bond acceptors (Lipinski definition) is 4. The number of aromatic nitrogens is 1. The second-order valence-electron chi connectivity index (χ2n) is 3.61. The lowest BCUT2D eigenvalue weighted by atomic mass is 10.2. The van der Waals surface area contributed by atoms with E-state index in [9.17, 15) is 4.79 Å². The zero-order valence-electron chi connectivity index (χ0n) is 8.74. The van der Waals surface area contributed by atoms with E-state index in [1.807, 2.05) is 0 Å². The second kappa shape index (κ2) is 4.67. The minimum atomic E-state index is -0.154. The first-order valence-electron chi connectivity index (χ1n) is 5.10. The first kappa shape index (κ1) is 11.2. The highest BCUT2D eigenvalue weighted by molar-refractivity contribution is 6.33. The highest BCUT2D eigenvalue weighted by Gasteiger charge is 2.21. The molecular weight excluding hydrogens is 228 g/mol. The van der Waals surface area contributed by atoms with Crippen molar-refractivity contribution in [2.45, 2.75) is 0 Å². The van der Waals surface area contributed by atoms with Gasteiger partial charge in [0.15, 0.2) is 0 Å². The van der Waals surface area contributed by atoms with Crippen molar-refractivity contribution in [1.29, 1.82) is 0 Å². The summed E-state index contributed by atoms with van der Waals surface area (Å²) < 4.78 is 0. The van der Waals surface area contributed by atoms with Crippen LogP contribution >= 0.6 is 11.6 Å². The monoisotopic (exact) mass is 240 g/mol. The highest BCUT2D eigenvalue weighted by atomic mass is 35.5. The zero-order valence-corrected chi connectivity index (χ0v) is 9.50. The standard InChI is InChI=1S/C10H13ClN4O/c11-7-1-2-8(12)14-9(7)10(16)15-5-3-13-4-6-15/h1-2,13H,3-6H2,(H2,12,14). The normalized spacial score (nSPS) is 16.2. The molecule has 0 bridgehead atoms. The fourth-order valence-corrected chi connectivity index (χ4v) is 1.81.